The topological polar surface area (TPSA) is 49.8 Å². The van der Waals surface area contributed by atoms with Crippen LogP contribution in [0.2, 0.25) is 0 Å². The fraction of sp³-hybridized carbons (Fsp3) is 0.323. The zero-order valence-electron chi connectivity index (χ0n) is 21.2. The number of piperidine rings is 1. The number of benzene rings is 3. The van der Waals surface area contributed by atoms with E-state index in [2.05, 4.69) is 16.7 Å². The van der Waals surface area contributed by atoms with Crippen molar-refractivity contribution in [3.8, 4) is 17.6 Å². The lowest BCUT2D eigenvalue weighted by Crippen LogP contribution is -2.41. The van der Waals surface area contributed by atoms with E-state index in [1.165, 1.54) is 19.2 Å². The maximum atomic E-state index is 13.8. The van der Waals surface area contributed by atoms with E-state index < -0.39 is 17.2 Å². The predicted octanol–water partition coefficient (Wildman–Crippen LogP) is 5.19. The Bertz CT molecular complexity index is 1320. The summed E-state index contributed by atoms with van der Waals surface area (Å²) in [5, 5.41) is 10.8. The molecule has 0 aromatic heterocycles. The largest absolute Gasteiger partial charge is 0.496 e. The van der Waals surface area contributed by atoms with Crippen LogP contribution in [-0.2, 0) is 12.8 Å². The van der Waals surface area contributed by atoms with Gasteiger partial charge in [0, 0.05) is 43.1 Å². The van der Waals surface area contributed by atoms with Crippen molar-refractivity contribution in [1.82, 2.24) is 4.90 Å². The number of hydrogen-bond donors (Lipinski definition) is 1. The van der Waals surface area contributed by atoms with Gasteiger partial charge in [0.15, 0.2) is 5.78 Å². The van der Waals surface area contributed by atoms with Crippen LogP contribution in [0.5, 0.6) is 5.75 Å². The Hall–Kier alpha value is -3.53. The number of likely N-dealkylation sites (tertiary alicyclic amines) is 1. The van der Waals surface area contributed by atoms with Crippen LogP contribution in [0.3, 0.4) is 0 Å². The molecule has 0 saturated carbocycles. The summed E-state index contributed by atoms with van der Waals surface area (Å²) in [7, 11) is 3.54. The molecule has 3 aromatic rings. The molecule has 1 saturated heterocycles. The first-order valence-electron chi connectivity index (χ1n) is 12.5. The van der Waals surface area contributed by atoms with Crippen LogP contribution in [0.15, 0.2) is 60.7 Å². The third kappa shape index (κ3) is 6.82. The van der Waals surface area contributed by atoms with Crippen molar-refractivity contribution >= 4 is 5.78 Å². The second-order valence-electron chi connectivity index (χ2n) is 9.62. The predicted molar refractivity (Wildman–Crippen MR) is 140 cm³/mol. The molecule has 0 bridgehead atoms. The molecule has 0 spiro atoms. The van der Waals surface area contributed by atoms with Gasteiger partial charge in [-0.05, 0) is 61.7 Å². The van der Waals surface area contributed by atoms with E-state index >= 15 is 0 Å². The van der Waals surface area contributed by atoms with Crippen molar-refractivity contribution < 1.29 is 23.4 Å². The number of halogens is 2. The van der Waals surface area contributed by atoms with Gasteiger partial charge < -0.3 is 14.7 Å². The Morgan fingerprint density at radius 3 is 2.43 bits per heavy atom. The van der Waals surface area contributed by atoms with E-state index in [-0.39, 0.29) is 5.78 Å². The average Bonchev–Trinajstić information content (AvgIpc) is 2.90. The second kappa shape index (κ2) is 11.7. The monoisotopic (exact) mass is 503 g/mol. The number of methoxy groups -OCH3 is 1. The van der Waals surface area contributed by atoms with E-state index in [4.69, 9.17) is 4.74 Å². The van der Waals surface area contributed by atoms with E-state index in [1.54, 1.807) is 30.3 Å². The van der Waals surface area contributed by atoms with Crippen LogP contribution in [-0.4, -0.2) is 48.6 Å². The van der Waals surface area contributed by atoms with Gasteiger partial charge in [0.1, 0.15) is 23.0 Å². The van der Waals surface area contributed by atoms with Gasteiger partial charge in [0.25, 0.3) is 0 Å². The Morgan fingerprint density at radius 1 is 1.03 bits per heavy atom. The summed E-state index contributed by atoms with van der Waals surface area (Å²) < 4.78 is 32.3. The zero-order chi connectivity index (χ0) is 26.4. The first-order valence-corrected chi connectivity index (χ1v) is 12.5. The van der Waals surface area contributed by atoms with Gasteiger partial charge in [-0.25, -0.2) is 8.78 Å². The summed E-state index contributed by atoms with van der Waals surface area (Å²) in [6.45, 7) is 1.58. The molecule has 0 aliphatic carbocycles. The van der Waals surface area contributed by atoms with Crippen molar-refractivity contribution in [1.29, 1.82) is 0 Å². The molecular weight excluding hydrogens is 472 g/mol. The molecule has 1 aliphatic heterocycles. The number of carbonyl (C=O) groups excluding carboxylic acids is 1. The maximum absolute atomic E-state index is 13.8. The number of ether oxygens (including phenoxy) is 1. The molecule has 0 radical (unpaired) electrons. The number of ketones is 1. The third-order valence-electron chi connectivity index (χ3n) is 6.84. The molecule has 1 aliphatic rings. The second-order valence-corrected chi connectivity index (χ2v) is 9.62. The maximum Gasteiger partial charge on any atom is 0.196 e. The Labute approximate surface area is 216 Å². The van der Waals surface area contributed by atoms with Crippen LogP contribution >= 0.6 is 0 Å². The minimum atomic E-state index is -1.02. The van der Waals surface area contributed by atoms with Gasteiger partial charge in [-0.15, -0.1) is 0 Å². The Kier molecular flexibility index (Phi) is 8.38. The summed E-state index contributed by atoms with van der Waals surface area (Å²) in [6.07, 6.45) is 3.09. The number of hydrogen-bond acceptors (Lipinski definition) is 4. The van der Waals surface area contributed by atoms with Crippen molar-refractivity contribution in [3.63, 3.8) is 0 Å². The van der Waals surface area contributed by atoms with Gasteiger partial charge in [0.2, 0.25) is 0 Å². The summed E-state index contributed by atoms with van der Waals surface area (Å²) in [4.78, 5) is 15.5. The normalized spacial score (nSPS) is 15.1. The molecule has 4 nitrogen and oxygen atoms in total. The molecule has 0 atom stereocenters. The number of carbonyl (C=O) groups is 1. The molecule has 192 valence electrons. The molecule has 1 N–H and O–H groups in total. The summed E-state index contributed by atoms with van der Waals surface area (Å²) in [6, 6.07) is 16.2. The van der Waals surface area contributed by atoms with Crippen molar-refractivity contribution in [2.75, 3.05) is 27.2 Å². The van der Waals surface area contributed by atoms with Crippen LogP contribution in [0.1, 0.15) is 51.9 Å². The number of nitrogens with zero attached hydrogens (tertiary/aromatic N) is 1. The highest BCUT2D eigenvalue weighted by Gasteiger charge is 2.29. The first-order chi connectivity index (χ1) is 17.8. The fourth-order valence-electron chi connectivity index (χ4n) is 4.45. The van der Waals surface area contributed by atoms with Crippen molar-refractivity contribution in [2.24, 2.45) is 0 Å². The molecule has 3 aromatic carbocycles. The molecular formula is C31H31F2NO3. The summed E-state index contributed by atoms with van der Waals surface area (Å²) in [5.74, 6) is 5.23. The minimum Gasteiger partial charge on any atom is -0.496 e. The average molecular weight is 504 g/mol. The van der Waals surface area contributed by atoms with Crippen molar-refractivity contribution in [2.45, 2.75) is 37.7 Å². The molecule has 37 heavy (non-hydrogen) atoms. The van der Waals surface area contributed by atoms with Crippen LogP contribution < -0.4 is 4.74 Å². The lowest BCUT2D eigenvalue weighted by molar-refractivity contribution is 0.0350. The molecule has 0 unspecified atom stereocenters. The van der Waals surface area contributed by atoms with Gasteiger partial charge in [-0.3, -0.25) is 4.79 Å². The third-order valence-corrected chi connectivity index (χ3v) is 6.84. The smallest absolute Gasteiger partial charge is 0.196 e. The quantitative estimate of drug-likeness (QED) is 0.356. The van der Waals surface area contributed by atoms with Gasteiger partial charge in [-0.2, -0.15) is 0 Å². The highest BCUT2D eigenvalue weighted by Crippen LogP contribution is 2.25. The standard InChI is InChI=1S/C31H31F2NO3/c1-34-18-16-31(36,17-19-34)15-14-23-8-13-29(37-2)27(20-23)30(35)25-9-6-22(7-10-25)4-3-5-24-11-12-26(32)21-28(24)33/h6-13,20-21,36H,3-5,16-19H2,1-2H3. The Balaban J connectivity index is 1.44. The molecule has 1 heterocycles. The molecule has 0 amide bonds. The summed E-state index contributed by atoms with van der Waals surface area (Å²) >= 11 is 0. The zero-order valence-corrected chi connectivity index (χ0v) is 21.2. The number of aliphatic hydroxyl groups is 1. The summed E-state index contributed by atoms with van der Waals surface area (Å²) in [5.41, 5.74) is 2.06. The van der Waals surface area contributed by atoms with Crippen molar-refractivity contribution in [3.05, 3.63) is 100 Å². The number of aryl methyl sites for hydroxylation is 2. The molecule has 6 heteroatoms. The minimum absolute atomic E-state index is 0.182. The number of rotatable bonds is 7. The van der Waals surface area contributed by atoms with E-state index in [1.807, 2.05) is 19.2 Å². The Morgan fingerprint density at radius 2 is 1.76 bits per heavy atom. The highest BCUT2D eigenvalue weighted by atomic mass is 19.1. The van der Waals surface area contributed by atoms with E-state index in [0.29, 0.717) is 60.1 Å². The van der Waals surface area contributed by atoms with Crippen LogP contribution in [0, 0.1) is 23.5 Å². The lowest BCUT2D eigenvalue weighted by Gasteiger charge is -2.32. The van der Waals surface area contributed by atoms with Crippen LogP contribution in [0.4, 0.5) is 8.78 Å². The van der Waals surface area contributed by atoms with E-state index in [9.17, 15) is 18.7 Å². The highest BCUT2D eigenvalue weighted by molar-refractivity contribution is 6.11. The SMILES string of the molecule is COc1ccc(C#CC2(O)CCN(C)CC2)cc1C(=O)c1ccc(CCCc2ccc(F)cc2F)cc1. The van der Waals surface area contributed by atoms with Gasteiger partial charge in [-0.1, -0.05) is 42.2 Å². The van der Waals surface area contributed by atoms with Gasteiger partial charge >= 0.3 is 0 Å². The first kappa shape index (κ1) is 26.5. The lowest BCUT2D eigenvalue weighted by atomic mass is 9.92. The fourth-order valence-corrected chi connectivity index (χ4v) is 4.45. The molecule has 1 fully saturated rings. The molecule has 4 rings (SSSR count). The van der Waals surface area contributed by atoms with Crippen LogP contribution in [0.25, 0.3) is 0 Å². The van der Waals surface area contributed by atoms with Gasteiger partial charge in [0.05, 0.1) is 12.7 Å². The van der Waals surface area contributed by atoms with E-state index in [0.717, 1.165) is 24.7 Å².